The summed E-state index contributed by atoms with van der Waals surface area (Å²) in [5.74, 6) is -0.565. The van der Waals surface area contributed by atoms with Crippen molar-refractivity contribution in [3.8, 4) is 0 Å². The number of benzene rings is 2. The van der Waals surface area contributed by atoms with Gasteiger partial charge in [-0.3, -0.25) is 4.79 Å². The number of amides is 1. The lowest BCUT2D eigenvalue weighted by Gasteiger charge is -2.15. The normalized spacial score (nSPS) is 12.6. The molecule has 1 atom stereocenters. The van der Waals surface area contributed by atoms with E-state index in [0.717, 1.165) is 5.56 Å². The van der Waals surface area contributed by atoms with Crippen LogP contribution in [0.1, 0.15) is 30.5 Å². The van der Waals surface area contributed by atoms with Gasteiger partial charge in [0.2, 0.25) is 15.9 Å². The van der Waals surface area contributed by atoms with Crippen LogP contribution in [0.2, 0.25) is 0 Å². The summed E-state index contributed by atoms with van der Waals surface area (Å²) in [5, 5.41) is 7.78. The highest BCUT2D eigenvalue weighted by molar-refractivity contribution is 7.89. The van der Waals surface area contributed by atoms with E-state index in [1.807, 2.05) is 0 Å². The van der Waals surface area contributed by atoms with E-state index in [4.69, 9.17) is 5.14 Å². The number of hydrogen-bond acceptors (Lipinski definition) is 3. The van der Waals surface area contributed by atoms with Crippen molar-refractivity contribution >= 4 is 15.9 Å². The molecule has 7 heteroatoms. The number of hydrogen-bond donors (Lipinski definition) is 2. The SMILES string of the molecule is C[C@@H](NC(=O)CCc1ccc(S(N)(=O)=O)cc1)c1ccccc1F. The maximum absolute atomic E-state index is 13.7. The van der Waals surface area contributed by atoms with E-state index < -0.39 is 16.1 Å². The van der Waals surface area contributed by atoms with Gasteiger partial charge in [0.25, 0.3) is 0 Å². The van der Waals surface area contributed by atoms with Crippen molar-refractivity contribution in [2.75, 3.05) is 0 Å². The van der Waals surface area contributed by atoms with Crippen molar-refractivity contribution in [3.63, 3.8) is 0 Å². The van der Waals surface area contributed by atoms with Crippen molar-refractivity contribution in [1.29, 1.82) is 0 Å². The van der Waals surface area contributed by atoms with Crippen molar-refractivity contribution in [1.82, 2.24) is 5.32 Å². The summed E-state index contributed by atoms with van der Waals surface area (Å²) in [6.07, 6.45) is 0.661. The molecule has 1 amide bonds. The van der Waals surface area contributed by atoms with Gasteiger partial charge in [-0.25, -0.2) is 17.9 Å². The number of nitrogens with one attached hydrogen (secondary N) is 1. The fraction of sp³-hybridized carbons (Fsp3) is 0.235. The van der Waals surface area contributed by atoms with Crippen LogP contribution in [0.25, 0.3) is 0 Å². The summed E-state index contributed by atoms with van der Waals surface area (Å²) in [7, 11) is -3.72. The third-order valence-corrected chi connectivity index (χ3v) is 4.57. The molecule has 5 nitrogen and oxygen atoms in total. The van der Waals surface area contributed by atoms with Gasteiger partial charge in [0, 0.05) is 12.0 Å². The largest absolute Gasteiger partial charge is 0.349 e. The maximum atomic E-state index is 13.7. The molecule has 3 N–H and O–H groups in total. The molecule has 128 valence electrons. The Hall–Kier alpha value is -2.25. The fourth-order valence-corrected chi connectivity index (χ4v) is 2.84. The number of aryl methyl sites for hydroxylation is 1. The summed E-state index contributed by atoms with van der Waals surface area (Å²) in [6, 6.07) is 11.9. The van der Waals surface area contributed by atoms with Gasteiger partial charge < -0.3 is 5.32 Å². The van der Waals surface area contributed by atoms with E-state index in [1.54, 1.807) is 37.3 Å². The molecule has 0 heterocycles. The molecule has 0 aromatic heterocycles. The Morgan fingerprint density at radius 3 is 2.38 bits per heavy atom. The average Bonchev–Trinajstić information content (AvgIpc) is 2.53. The number of halogens is 1. The van der Waals surface area contributed by atoms with E-state index in [9.17, 15) is 17.6 Å². The Bertz CT molecular complexity index is 820. The summed E-state index contributed by atoms with van der Waals surface area (Å²) in [4.78, 5) is 12.0. The lowest BCUT2D eigenvalue weighted by Crippen LogP contribution is -2.27. The van der Waals surface area contributed by atoms with Crippen LogP contribution < -0.4 is 10.5 Å². The van der Waals surface area contributed by atoms with E-state index in [0.29, 0.717) is 12.0 Å². The molecule has 24 heavy (non-hydrogen) atoms. The maximum Gasteiger partial charge on any atom is 0.238 e. The first-order chi connectivity index (χ1) is 11.3. The first kappa shape index (κ1) is 18.1. The van der Waals surface area contributed by atoms with Crippen molar-refractivity contribution < 1.29 is 17.6 Å². The third kappa shape index (κ3) is 4.87. The molecule has 0 aliphatic rings. The Morgan fingerprint density at radius 2 is 1.79 bits per heavy atom. The smallest absolute Gasteiger partial charge is 0.238 e. The third-order valence-electron chi connectivity index (χ3n) is 3.64. The molecule has 0 bridgehead atoms. The highest BCUT2D eigenvalue weighted by Crippen LogP contribution is 2.16. The lowest BCUT2D eigenvalue weighted by atomic mass is 10.1. The first-order valence-electron chi connectivity index (χ1n) is 7.43. The van der Waals surface area contributed by atoms with Crippen LogP contribution in [0.3, 0.4) is 0 Å². The summed E-state index contributed by atoms with van der Waals surface area (Å²) >= 11 is 0. The van der Waals surface area contributed by atoms with Gasteiger partial charge in [-0.05, 0) is 37.1 Å². The zero-order valence-corrected chi connectivity index (χ0v) is 14.0. The molecular formula is C17H19FN2O3S. The Kier molecular flexibility index (Phi) is 5.69. The Morgan fingerprint density at radius 1 is 1.17 bits per heavy atom. The monoisotopic (exact) mass is 350 g/mol. The van der Waals surface area contributed by atoms with Crippen molar-refractivity contribution in [2.24, 2.45) is 5.14 Å². The highest BCUT2D eigenvalue weighted by atomic mass is 32.2. The highest BCUT2D eigenvalue weighted by Gasteiger charge is 2.13. The number of rotatable bonds is 6. The minimum atomic E-state index is -3.72. The molecule has 0 fully saturated rings. The summed E-state index contributed by atoms with van der Waals surface area (Å²) < 4.78 is 36.0. The van der Waals surface area contributed by atoms with E-state index in [-0.39, 0.29) is 23.0 Å². The Labute approximate surface area is 140 Å². The van der Waals surface area contributed by atoms with Crippen LogP contribution in [0.15, 0.2) is 53.4 Å². The lowest BCUT2D eigenvalue weighted by molar-refractivity contribution is -0.121. The zero-order valence-electron chi connectivity index (χ0n) is 13.2. The van der Waals surface area contributed by atoms with E-state index in [2.05, 4.69) is 5.32 Å². The molecule has 0 spiro atoms. The molecule has 0 radical (unpaired) electrons. The van der Waals surface area contributed by atoms with Crippen LogP contribution in [0.5, 0.6) is 0 Å². The predicted octanol–water partition coefficient (Wildman–Crippen LogP) is 2.28. The van der Waals surface area contributed by atoms with Gasteiger partial charge in [-0.1, -0.05) is 30.3 Å². The second kappa shape index (κ2) is 7.55. The van der Waals surface area contributed by atoms with Gasteiger partial charge in [0.15, 0.2) is 0 Å². The second-order valence-electron chi connectivity index (χ2n) is 5.50. The number of sulfonamides is 1. The van der Waals surface area contributed by atoms with Crippen LogP contribution in [-0.2, 0) is 21.2 Å². The number of primary sulfonamides is 1. The zero-order chi connectivity index (χ0) is 17.7. The Balaban J connectivity index is 1.90. The quantitative estimate of drug-likeness (QED) is 0.837. The summed E-state index contributed by atoms with van der Waals surface area (Å²) in [5.41, 5.74) is 1.25. The predicted molar refractivity (Wildman–Crippen MR) is 89.1 cm³/mol. The molecule has 2 aromatic rings. The number of nitrogens with two attached hydrogens (primary N) is 1. The van der Waals surface area contributed by atoms with Gasteiger partial charge >= 0.3 is 0 Å². The molecule has 0 aliphatic heterocycles. The number of carbonyl (C=O) groups excluding carboxylic acids is 1. The van der Waals surface area contributed by atoms with Gasteiger partial charge in [0.05, 0.1) is 10.9 Å². The van der Waals surface area contributed by atoms with Crippen LogP contribution in [0, 0.1) is 5.82 Å². The van der Waals surface area contributed by atoms with Gasteiger partial charge in [-0.15, -0.1) is 0 Å². The second-order valence-corrected chi connectivity index (χ2v) is 7.06. The van der Waals surface area contributed by atoms with Gasteiger partial charge in [0.1, 0.15) is 5.82 Å². The standard InChI is InChI=1S/C17H19FN2O3S/c1-12(15-4-2-3-5-16(15)18)20-17(21)11-8-13-6-9-14(10-7-13)24(19,22)23/h2-7,9-10,12H,8,11H2,1H3,(H,20,21)(H2,19,22,23)/t12-/m1/s1. The van der Waals surface area contributed by atoms with Crippen LogP contribution in [-0.4, -0.2) is 14.3 Å². The van der Waals surface area contributed by atoms with E-state index in [1.165, 1.54) is 18.2 Å². The first-order valence-corrected chi connectivity index (χ1v) is 8.97. The van der Waals surface area contributed by atoms with E-state index >= 15 is 0 Å². The van der Waals surface area contributed by atoms with Gasteiger partial charge in [-0.2, -0.15) is 0 Å². The minimum absolute atomic E-state index is 0.0314. The summed E-state index contributed by atoms with van der Waals surface area (Å²) in [6.45, 7) is 1.72. The molecule has 0 unspecified atom stereocenters. The molecule has 0 aliphatic carbocycles. The van der Waals surface area contributed by atoms with Crippen molar-refractivity contribution in [2.45, 2.75) is 30.7 Å². The average molecular weight is 350 g/mol. The van der Waals surface area contributed by atoms with Crippen LogP contribution >= 0.6 is 0 Å². The topological polar surface area (TPSA) is 89.3 Å². The van der Waals surface area contributed by atoms with Crippen LogP contribution in [0.4, 0.5) is 4.39 Å². The minimum Gasteiger partial charge on any atom is -0.349 e. The molecular weight excluding hydrogens is 331 g/mol. The molecule has 2 aromatic carbocycles. The molecule has 0 saturated heterocycles. The fourth-order valence-electron chi connectivity index (χ4n) is 2.32. The van der Waals surface area contributed by atoms with Crippen molar-refractivity contribution in [3.05, 3.63) is 65.5 Å². The number of carbonyl (C=O) groups is 1. The molecule has 2 rings (SSSR count). The molecule has 0 saturated carbocycles.